The van der Waals surface area contributed by atoms with Crippen molar-refractivity contribution in [2.75, 3.05) is 11.9 Å². The van der Waals surface area contributed by atoms with Crippen molar-refractivity contribution in [2.24, 2.45) is 5.92 Å². The van der Waals surface area contributed by atoms with Gasteiger partial charge in [0.2, 0.25) is 0 Å². The van der Waals surface area contributed by atoms with E-state index in [9.17, 15) is 19.2 Å². The van der Waals surface area contributed by atoms with Crippen LogP contribution in [0.25, 0.3) is 0 Å². The number of fused-ring (bicyclic) bond motifs is 1. The lowest BCUT2D eigenvalue weighted by Gasteiger charge is -2.25. The Balaban J connectivity index is 1.71. The van der Waals surface area contributed by atoms with Crippen molar-refractivity contribution in [3.63, 3.8) is 0 Å². The van der Waals surface area contributed by atoms with Crippen LogP contribution in [0.5, 0.6) is 0 Å². The van der Waals surface area contributed by atoms with Gasteiger partial charge in [0.15, 0.2) is 6.61 Å². The summed E-state index contributed by atoms with van der Waals surface area (Å²) >= 11 is 1.17. The van der Waals surface area contributed by atoms with Crippen molar-refractivity contribution in [3.8, 4) is 6.07 Å². The minimum Gasteiger partial charge on any atom is -0.454 e. The number of hydrogen-bond donors (Lipinski definition) is 1. The van der Waals surface area contributed by atoms with Crippen LogP contribution in [0.15, 0.2) is 35.7 Å². The molecule has 3 rings (SSSR count). The van der Waals surface area contributed by atoms with E-state index in [1.807, 2.05) is 19.9 Å². The van der Waals surface area contributed by atoms with Gasteiger partial charge in [-0.3, -0.25) is 19.3 Å². The maximum atomic E-state index is 12.7. The van der Waals surface area contributed by atoms with Gasteiger partial charge in [0, 0.05) is 0 Å². The Morgan fingerprint density at radius 3 is 2.37 bits per heavy atom. The number of esters is 1. The van der Waals surface area contributed by atoms with Gasteiger partial charge in [0.25, 0.3) is 17.7 Å². The zero-order valence-corrected chi connectivity index (χ0v) is 17.2. The third-order valence-corrected chi connectivity index (χ3v) is 5.32. The smallest absolute Gasteiger partial charge is 0.329 e. The highest BCUT2D eigenvalue weighted by atomic mass is 32.1. The molecule has 8 nitrogen and oxygen atoms in total. The molecule has 0 radical (unpaired) electrons. The van der Waals surface area contributed by atoms with Crippen LogP contribution in [0, 0.1) is 17.2 Å². The van der Waals surface area contributed by atoms with Gasteiger partial charge in [-0.2, -0.15) is 5.26 Å². The number of carbonyl (C=O) groups is 4. The van der Waals surface area contributed by atoms with Crippen LogP contribution < -0.4 is 5.32 Å². The molecule has 0 spiro atoms. The van der Waals surface area contributed by atoms with Crippen molar-refractivity contribution in [3.05, 3.63) is 52.4 Å². The molecule has 1 atom stereocenters. The van der Waals surface area contributed by atoms with Crippen molar-refractivity contribution in [2.45, 2.75) is 26.3 Å². The second-order valence-electron chi connectivity index (χ2n) is 7.10. The van der Waals surface area contributed by atoms with Gasteiger partial charge in [-0.1, -0.05) is 26.0 Å². The van der Waals surface area contributed by atoms with Crippen LogP contribution in [0.3, 0.4) is 0 Å². The van der Waals surface area contributed by atoms with Crippen molar-refractivity contribution >= 4 is 40.0 Å². The number of rotatable bonds is 7. The fourth-order valence-electron chi connectivity index (χ4n) is 3.13. The third-order valence-electron chi connectivity index (χ3n) is 4.49. The van der Waals surface area contributed by atoms with Gasteiger partial charge < -0.3 is 10.1 Å². The third kappa shape index (κ3) is 4.23. The molecule has 0 aliphatic carbocycles. The summed E-state index contributed by atoms with van der Waals surface area (Å²) in [4.78, 5) is 51.3. The fraction of sp³-hybridized carbons (Fsp3) is 0.286. The molecule has 1 aromatic heterocycles. The maximum Gasteiger partial charge on any atom is 0.329 e. The zero-order chi connectivity index (χ0) is 21.8. The first-order chi connectivity index (χ1) is 14.3. The highest BCUT2D eigenvalue weighted by Gasteiger charge is 2.43. The molecule has 154 valence electrons. The molecule has 0 saturated carbocycles. The molecule has 0 fully saturated rings. The molecule has 30 heavy (non-hydrogen) atoms. The first-order valence-electron chi connectivity index (χ1n) is 9.24. The van der Waals surface area contributed by atoms with Crippen molar-refractivity contribution in [1.82, 2.24) is 4.90 Å². The molecule has 1 aromatic carbocycles. The topological polar surface area (TPSA) is 117 Å². The van der Waals surface area contributed by atoms with Crippen LogP contribution in [0.4, 0.5) is 5.00 Å². The number of thiophene rings is 1. The van der Waals surface area contributed by atoms with E-state index in [2.05, 4.69) is 5.32 Å². The minimum atomic E-state index is -1.14. The van der Waals surface area contributed by atoms with Crippen LogP contribution in [-0.2, 0) is 14.3 Å². The highest BCUT2D eigenvalue weighted by molar-refractivity contribution is 7.14. The second-order valence-corrected chi connectivity index (χ2v) is 8.02. The fourth-order valence-corrected chi connectivity index (χ4v) is 3.89. The highest BCUT2D eigenvalue weighted by Crippen LogP contribution is 2.27. The van der Waals surface area contributed by atoms with Gasteiger partial charge in [0.1, 0.15) is 17.1 Å². The molecule has 0 saturated heterocycles. The lowest BCUT2D eigenvalue weighted by Crippen LogP contribution is -2.46. The number of carbonyl (C=O) groups excluding carboxylic acids is 4. The molecule has 2 heterocycles. The van der Waals surface area contributed by atoms with Crippen LogP contribution in [-0.4, -0.2) is 41.2 Å². The predicted octanol–water partition coefficient (Wildman–Crippen LogP) is 2.81. The monoisotopic (exact) mass is 425 g/mol. The van der Waals surface area contributed by atoms with Crippen LogP contribution in [0.1, 0.15) is 46.5 Å². The van der Waals surface area contributed by atoms with E-state index in [0.717, 1.165) is 4.90 Å². The number of amides is 3. The maximum absolute atomic E-state index is 12.7. The number of benzene rings is 1. The average Bonchev–Trinajstić information content (AvgIpc) is 3.27. The largest absolute Gasteiger partial charge is 0.454 e. The molecule has 0 bridgehead atoms. The lowest BCUT2D eigenvalue weighted by molar-refractivity contribution is -0.151. The molecule has 1 aliphatic rings. The standard InChI is InChI=1S/C21H19N3O5S/c1-12(2)9-16(24-19(26)14-5-3-4-6-15(14)20(24)27)21(28)29-11-17(25)23-18-13(10-22)7-8-30-18/h3-8,12,16H,9,11H2,1-2H3,(H,23,25)/t16-/m1/s1. The zero-order valence-electron chi connectivity index (χ0n) is 16.4. The summed E-state index contributed by atoms with van der Waals surface area (Å²) in [6, 6.07) is 8.74. The van der Waals surface area contributed by atoms with Gasteiger partial charge in [0.05, 0.1) is 16.7 Å². The molecule has 3 amide bonds. The summed E-state index contributed by atoms with van der Waals surface area (Å²) in [6.45, 7) is 3.11. The van der Waals surface area contributed by atoms with E-state index in [4.69, 9.17) is 10.00 Å². The van der Waals surface area contributed by atoms with Gasteiger partial charge in [-0.15, -0.1) is 11.3 Å². The average molecular weight is 425 g/mol. The minimum absolute atomic E-state index is 0.00926. The molecular formula is C21H19N3O5S. The van der Waals surface area contributed by atoms with Gasteiger partial charge in [-0.05, 0) is 35.9 Å². The number of imide groups is 1. The molecular weight excluding hydrogens is 406 g/mol. The van der Waals surface area contributed by atoms with E-state index in [1.165, 1.54) is 23.5 Å². The molecule has 9 heteroatoms. The van der Waals surface area contributed by atoms with Gasteiger partial charge >= 0.3 is 5.97 Å². The number of hydrogen-bond acceptors (Lipinski definition) is 7. The summed E-state index contributed by atoms with van der Waals surface area (Å²) in [5, 5.41) is 13.5. The number of ether oxygens (including phenoxy) is 1. The Labute approximate surface area is 177 Å². The number of nitriles is 1. The lowest BCUT2D eigenvalue weighted by atomic mass is 10.0. The quantitative estimate of drug-likeness (QED) is 0.539. The summed E-state index contributed by atoms with van der Waals surface area (Å²) in [5.41, 5.74) is 0.787. The second kappa shape index (κ2) is 8.88. The first kappa shape index (κ1) is 21.2. The summed E-state index contributed by atoms with van der Waals surface area (Å²) in [6.07, 6.45) is 0.204. The number of nitrogens with zero attached hydrogens (tertiary/aromatic N) is 2. The van der Waals surface area contributed by atoms with E-state index in [0.29, 0.717) is 10.6 Å². The molecule has 1 N–H and O–H groups in total. The van der Waals surface area contributed by atoms with E-state index in [-0.39, 0.29) is 23.5 Å². The first-order valence-corrected chi connectivity index (χ1v) is 10.1. The van der Waals surface area contributed by atoms with Crippen molar-refractivity contribution < 1.29 is 23.9 Å². The predicted molar refractivity (Wildman–Crippen MR) is 109 cm³/mol. The Morgan fingerprint density at radius 1 is 1.17 bits per heavy atom. The Kier molecular flexibility index (Phi) is 6.28. The van der Waals surface area contributed by atoms with E-state index < -0.39 is 36.3 Å². The molecule has 0 unspecified atom stereocenters. The Bertz CT molecular complexity index is 1020. The van der Waals surface area contributed by atoms with Crippen LogP contribution >= 0.6 is 11.3 Å². The Hall–Kier alpha value is -3.51. The number of anilines is 1. The van der Waals surface area contributed by atoms with Gasteiger partial charge in [-0.25, -0.2) is 4.79 Å². The van der Waals surface area contributed by atoms with E-state index in [1.54, 1.807) is 23.6 Å². The molecule has 1 aliphatic heterocycles. The number of nitrogens with one attached hydrogen (secondary N) is 1. The molecule has 2 aromatic rings. The van der Waals surface area contributed by atoms with Crippen molar-refractivity contribution in [1.29, 1.82) is 5.26 Å². The summed E-state index contributed by atoms with van der Waals surface area (Å²) < 4.78 is 5.12. The van der Waals surface area contributed by atoms with Crippen LogP contribution in [0.2, 0.25) is 0 Å². The Morgan fingerprint density at radius 2 is 1.80 bits per heavy atom. The summed E-state index contributed by atoms with van der Waals surface area (Å²) in [5.74, 6) is -2.57. The summed E-state index contributed by atoms with van der Waals surface area (Å²) in [7, 11) is 0. The van der Waals surface area contributed by atoms with E-state index >= 15 is 0 Å². The normalized spacial score (nSPS) is 13.7. The SMILES string of the molecule is CC(C)C[C@H](C(=O)OCC(=O)Nc1sccc1C#N)N1C(=O)c2ccccc2C1=O.